The molecule has 27 heavy (non-hydrogen) atoms. The summed E-state index contributed by atoms with van der Waals surface area (Å²) < 4.78 is 2.02. The lowest BCUT2D eigenvalue weighted by molar-refractivity contribution is -0.125. The van der Waals surface area contributed by atoms with Crippen molar-refractivity contribution in [1.82, 2.24) is 14.9 Å². The van der Waals surface area contributed by atoms with Crippen LogP contribution in [0.15, 0.2) is 42.7 Å². The zero-order valence-electron chi connectivity index (χ0n) is 15.8. The maximum atomic E-state index is 13.2. The van der Waals surface area contributed by atoms with Crippen LogP contribution in [0, 0.1) is 5.92 Å². The first-order chi connectivity index (χ1) is 13.0. The maximum absolute atomic E-state index is 13.2. The van der Waals surface area contributed by atoms with E-state index >= 15 is 0 Å². The van der Waals surface area contributed by atoms with Gasteiger partial charge < -0.3 is 14.9 Å². The Kier molecular flexibility index (Phi) is 5.00. The first-order valence-corrected chi connectivity index (χ1v) is 10.1. The number of hydrogen-bond donors (Lipinski definition) is 2. The van der Waals surface area contributed by atoms with Gasteiger partial charge in [0.2, 0.25) is 5.91 Å². The second-order valence-electron chi connectivity index (χ2n) is 7.91. The summed E-state index contributed by atoms with van der Waals surface area (Å²) in [4.78, 5) is 16.7. The van der Waals surface area contributed by atoms with Crippen LogP contribution >= 0.6 is 11.6 Å². The van der Waals surface area contributed by atoms with Gasteiger partial charge in [0.25, 0.3) is 0 Å². The summed E-state index contributed by atoms with van der Waals surface area (Å²) >= 11 is 6.38. The van der Waals surface area contributed by atoms with Crippen molar-refractivity contribution in [3.05, 3.63) is 59.0 Å². The number of aryl methyl sites for hydroxylation is 1. The highest BCUT2D eigenvalue weighted by Crippen LogP contribution is 2.37. The average molecular weight is 384 g/mol. The topological polar surface area (TPSA) is 49.8 Å². The molecule has 0 spiro atoms. The summed E-state index contributed by atoms with van der Waals surface area (Å²) in [6.07, 6.45) is 7.80. The highest BCUT2D eigenvalue weighted by atomic mass is 35.5. The van der Waals surface area contributed by atoms with E-state index in [1.807, 2.05) is 41.2 Å². The first-order valence-electron chi connectivity index (χ1n) is 9.76. The van der Waals surface area contributed by atoms with Crippen molar-refractivity contribution in [2.45, 2.75) is 51.6 Å². The van der Waals surface area contributed by atoms with Gasteiger partial charge in [-0.25, -0.2) is 0 Å². The van der Waals surface area contributed by atoms with Crippen molar-refractivity contribution in [2.75, 3.05) is 0 Å². The van der Waals surface area contributed by atoms with Crippen LogP contribution in [0.25, 0.3) is 10.9 Å². The normalized spacial score (nSPS) is 17.9. The molecule has 2 heterocycles. The highest BCUT2D eigenvalue weighted by Gasteiger charge is 2.29. The summed E-state index contributed by atoms with van der Waals surface area (Å²) in [6.45, 7) is 4.31. The molecule has 0 aliphatic heterocycles. The molecule has 3 aromatic rings. The molecular weight excluding hydrogens is 358 g/mol. The van der Waals surface area contributed by atoms with E-state index in [9.17, 15) is 4.79 Å². The van der Waals surface area contributed by atoms with Crippen molar-refractivity contribution in [1.29, 1.82) is 0 Å². The molecule has 0 radical (unpaired) electrons. The Hall–Kier alpha value is -2.20. The fourth-order valence-electron chi connectivity index (χ4n) is 4.23. The number of carbonyl (C=O) groups is 1. The minimum atomic E-state index is -0.182. The predicted octanol–water partition coefficient (Wildman–Crippen LogP) is 5.40. The molecule has 1 aromatic carbocycles. The number of nitrogens with zero attached hydrogens (tertiary/aromatic N) is 1. The smallest absolute Gasteiger partial charge is 0.243 e. The molecule has 4 rings (SSSR count). The van der Waals surface area contributed by atoms with E-state index in [0.717, 1.165) is 41.9 Å². The Morgan fingerprint density at radius 1 is 1.30 bits per heavy atom. The Bertz CT molecular complexity index is 942. The first kappa shape index (κ1) is 18.2. The number of para-hydroxylation sites is 1. The van der Waals surface area contributed by atoms with Crippen molar-refractivity contribution in [3.63, 3.8) is 0 Å². The lowest BCUT2D eigenvalue weighted by Crippen LogP contribution is -2.37. The fourth-order valence-corrected chi connectivity index (χ4v) is 4.45. The van der Waals surface area contributed by atoms with Gasteiger partial charge in [-0.05, 0) is 55.4 Å². The van der Waals surface area contributed by atoms with Gasteiger partial charge in [0.05, 0.1) is 16.6 Å². The molecule has 0 fully saturated rings. The van der Waals surface area contributed by atoms with Crippen molar-refractivity contribution >= 4 is 28.4 Å². The van der Waals surface area contributed by atoms with Crippen LogP contribution in [-0.2, 0) is 11.2 Å². The lowest BCUT2D eigenvalue weighted by atomic mass is 9.91. The second-order valence-corrected chi connectivity index (χ2v) is 8.32. The number of H-pyrrole nitrogens is 1. The number of fused-ring (bicyclic) bond motifs is 3. The molecule has 1 aliphatic carbocycles. The Balaban J connectivity index is 1.62. The van der Waals surface area contributed by atoms with Gasteiger partial charge in [-0.3, -0.25) is 4.79 Å². The third-order valence-electron chi connectivity index (χ3n) is 5.49. The number of benzene rings is 1. The summed E-state index contributed by atoms with van der Waals surface area (Å²) in [7, 11) is 0. The lowest BCUT2D eigenvalue weighted by Gasteiger charge is -2.27. The largest absolute Gasteiger partial charge is 0.355 e. The SMILES string of the molecule is CC(C)C[C@@H](C(=O)NC1CCCc2c1[nH]c1c(Cl)cccc21)n1cccc1. The molecule has 0 bridgehead atoms. The molecule has 2 aromatic heterocycles. The third-order valence-corrected chi connectivity index (χ3v) is 5.81. The van der Waals surface area contributed by atoms with E-state index in [0.29, 0.717) is 5.92 Å². The van der Waals surface area contributed by atoms with Gasteiger partial charge in [0.15, 0.2) is 0 Å². The Morgan fingerprint density at radius 3 is 2.81 bits per heavy atom. The molecule has 1 aliphatic rings. The molecule has 2 atom stereocenters. The predicted molar refractivity (Wildman–Crippen MR) is 110 cm³/mol. The van der Waals surface area contributed by atoms with E-state index in [1.165, 1.54) is 10.9 Å². The number of rotatable bonds is 5. The molecule has 0 saturated carbocycles. The molecule has 4 nitrogen and oxygen atoms in total. The maximum Gasteiger partial charge on any atom is 0.243 e. The van der Waals surface area contributed by atoms with Crippen LogP contribution < -0.4 is 5.32 Å². The quantitative estimate of drug-likeness (QED) is 0.608. The van der Waals surface area contributed by atoms with Crippen LogP contribution in [0.3, 0.4) is 0 Å². The minimum Gasteiger partial charge on any atom is -0.355 e. The molecule has 1 unspecified atom stereocenters. The van der Waals surface area contributed by atoms with Crippen LogP contribution in [0.5, 0.6) is 0 Å². The number of amides is 1. The fraction of sp³-hybridized carbons (Fsp3) is 0.409. The molecule has 2 N–H and O–H groups in total. The average Bonchev–Trinajstić information content (AvgIpc) is 3.28. The van der Waals surface area contributed by atoms with E-state index in [1.54, 1.807) is 0 Å². The molecular formula is C22H26ClN3O. The number of nitrogens with one attached hydrogen (secondary N) is 2. The van der Waals surface area contributed by atoms with E-state index < -0.39 is 0 Å². The molecule has 5 heteroatoms. The van der Waals surface area contributed by atoms with Gasteiger partial charge >= 0.3 is 0 Å². The van der Waals surface area contributed by atoms with Crippen molar-refractivity contribution in [2.24, 2.45) is 5.92 Å². The number of hydrogen-bond acceptors (Lipinski definition) is 1. The standard InChI is InChI=1S/C22H26ClN3O/c1-14(2)13-19(26-11-3-4-12-26)22(27)24-18-10-6-8-16-15-7-5-9-17(23)20(15)25-21(16)18/h3-5,7,9,11-12,14,18-19,25H,6,8,10,13H2,1-2H3,(H,24,27)/t18?,19-/m0/s1. The Labute approximate surface area is 164 Å². The number of halogens is 1. The van der Waals surface area contributed by atoms with Gasteiger partial charge in [-0.1, -0.05) is 37.6 Å². The molecule has 1 amide bonds. The van der Waals surface area contributed by atoms with Gasteiger partial charge in [0.1, 0.15) is 6.04 Å². The van der Waals surface area contributed by atoms with Crippen LogP contribution in [0.4, 0.5) is 0 Å². The second kappa shape index (κ2) is 7.43. The Morgan fingerprint density at radius 2 is 2.07 bits per heavy atom. The summed E-state index contributed by atoms with van der Waals surface area (Å²) in [5.74, 6) is 0.527. The summed E-state index contributed by atoms with van der Waals surface area (Å²) in [5, 5.41) is 5.23. The van der Waals surface area contributed by atoms with Gasteiger partial charge in [0, 0.05) is 23.5 Å². The van der Waals surface area contributed by atoms with Crippen molar-refractivity contribution < 1.29 is 4.79 Å². The van der Waals surface area contributed by atoms with Gasteiger partial charge in [-0.15, -0.1) is 0 Å². The number of aromatic nitrogens is 2. The summed E-state index contributed by atoms with van der Waals surface area (Å²) in [5.41, 5.74) is 3.40. The van der Waals surface area contributed by atoms with Crippen LogP contribution in [-0.4, -0.2) is 15.5 Å². The van der Waals surface area contributed by atoms with Gasteiger partial charge in [-0.2, -0.15) is 0 Å². The van der Waals surface area contributed by atoms with E-state index in [2.05, 4.69) is 30.2 Å². The zero-order chi connectivity index (χ0) is 19.0. The highest BCUT2D eigenvalue weighted by molar-refractivity contribution is 6.35. The molecule has 142 valence electrons. The van der Waals surface area contributed by atoms with Crippen LogP contribution in [0.2, 0.25) is 5.02 Å². The zero-order valence-corrected chi connectivity index (χ0v) is 16.6. The monoisotopic (exact) mass is 383 g/mol. The minimum absolute atomic E-state index is 0.00920. The number of carbonyl (C=O) groups excluding carboxylic acids is 1. The number of aromatic amines is 1. The van der Waals surface area contributed by atoms with E-state index in [4.69, 9.17) is 11.6 Å². The van der Waals surface area contributed by atoms with Crippen molar-refractivity contribution in [3.8, 4) is 0 Å². The van der Waals surface area contributed by atoms with E-state index in [-0.39, 0.29) is 18.0 Å². The van der Waals surface area contributed by atoms with Crippen LogP contribution in [0.1, 0.15) is 56.5 Å². The molecule has 0 saturated heterocycles. The summed E-state index contributed by atoms with van der Waals surface area (Å²) in [6, 6.07) is 9.78. The third kappa shape index (κ3) is 3.51.